The van der Waals surface area contributed by atoms with Gasteiger partial charge >= 0.3 is 6.18 Å². The zero-order chi connectivity index (χ0) is 23.8. The van der Waals surface area contributed by atoms with Gasteiger partial charge < -0.3 is 0 Å². The summed E-state index contributed by atoms with van der Waals surface area (Å²) in [7, 11) is 0. The molecule has 4 rings (SSSR count). The predicted octanol–water partition coefficient (Wildman–Crippen LogP) is 5.05. The number of ketones is 2. The lowest BCUT2D eigenvalue weighted by Gasteiger charge is -2.09. The van der Waals surface area contributed by atoms with E-state index in [4.69, 9.17) is 11.6 Å². The van der Waals surface area contributed by atoms with Gasteiger partial charge in [-0.15, -0.1) is 11.3 Å². The number of imidazole rings is 1. The summed E-state index contributed by atoms with van der Waals surface area (Å²) in [5, 5.41) is 0.0433. The molecule has 0 aliphatic rings. The molecule has 0 amide bonds. The van der Waals surface area contributed by atoms with E-state index < -0.39 is 22.5 Å². The van der Waals surface area contributed by atoms with E-state index in [9.17, 15) is 22.8 Å². The maximum Gasteiger partial charge on any atom is 0.417 e. The van der Waals surface area contributed by atoms with Crippen molar-refractivity contribution in [2.45, 2.75) is 31.9 Å². The minimum atomic E-state index is -4.64. The molecule has 0 bridgehead atoms. The number of alkyl halides is 3. The lowest BCUT2D eigenvalue weighted by Crippen LogP contribution is -2.10. The van der Waals surface area contributed by atoms with Crippen molar-refractivity contribution >= 4 is 40.2 Å². The summed E-state index contributed by atoms with van der Waals surface area (Å²) in [5.41, 5.74) is -0.110. The Bertz CT molecular complexity index is 1350. The molecular weight excluding hydrogens is 479 g/mol. The second kappa shape index (κ2) is 8.99. The van der Waals surface area contributed by atoms with Crippen molar-refractivity contribution in [1.29, 1.82) is 0 Å². The quantitative estimate of drug-likeness (QED) is 0.334. The van der Waals surface area contributed by atoms with Crippen LogP contribution in [-0.4, -0.2) is 35.9 Å². The average Bonchev–Trinajstić information content (AvgIpc) is 3.42. The van der Waals surface area contributed by atoms with Gasteiger partial charge in [-0.2, -0.15) is 13.2 Å². The Balaban J connectivity index is 1.45. The fourth-order valence-corrected chi connectivity index (χ4v) is 4.33. The van der Waals surface area contributed by atoms with Crippen LogP contribution in [0.5, 0.6) is 0 Å². The Kier molecular flexibility index (Phi) is 6.26. The average molecular weight is 494 g/mol. The van der Waals surface area contributed by atoms with E-state index in [0.29, 0.717) is 16.3 Å². The van der Waals surface area contributed by atoms with Crippen LogP contribution >= 0.6 is 22.9 Å². The summed E-state index contributed by atoms with van der Waals surface area (Å²) >= 11 is 6.67. The van der Waals surface area contributed by atoms with Crippen molar-refractivity contribution in [3.63, 3.8) is 0 Å². The molecule has 0 unspecified atom stereocenters. The highest BCUT2D eigenvalue weighted by Crippen LogP contribution is 2.35. The number of rotatable bonds is 7. The van der Waals surface area contributed by atoms with Crippen LogP contribution in [-0.2, 0) is 12.6 Å². The van der Waals surface area contributed by atoms with Gasteiger partial charge in [0.15, 0.2) is 17.2 Å². The largest absolute Gasteiger partial charge is 0.417 e. The molecule has 0 radical (unpaired) electrons. The number of halogens is 4. The Hall–Kier alpha value is -3.18. The summed E-state index contributed by atoms with van der Waals surface area (Å²) in [6.45, 7) is 1.81. The Labute approximate surface area is 194 Å². The van der Waals surface area contributed by atoms with Gasteiger partial charge in [-0.1, -0.05) is 18.5 Å². The van der Waals surface area contributed by atoms with Crippen LogP contribution in [0.1, 0.15) is 55.7 Å². The van der Waals surface area contributed by atoms with Crippen LogP contribution in [0.2, 0.25) is 5.02 Å². The van der Waals surface area contributed by atoms with Crippen LogP contribution in [0.4, 0.5) is 13.2 Å². The molecular formula is C21H15ClF3N5O2S. The van der Waals surface area contributed by atoms with Gasteiger partial charge in [-0.05, 0) is 6.07 Å². The molecule has 0 saturated heterocycles. The fourth-order valence-electron chi connectivity index (χ4n) is 3.21. The lowest BCUT2D eigenvalue weighted by atomic mass is 10.0. The third-order valence-corrected chi connectivity index (χ3v) is 6.44. The first-order valence-corrected chi connectivity index (χ1v) is 10.8. The first kappa shape index (κ1) is 23.0. The number of fused-ring (bicyclic) bond motifs is 1. The SMILES string of the molecule is C[C@@H](CC(=O)c1cnc2cnccn12)c1ncc(C(=O)Cc2cc(C(F)(F)F)c(Cl)cn2)s1. The molecule has 0 aliphatic heterocycles. The molecule has 170 valence electrons. The monoisotopic (exact) mass is 493 g/mol. The molecule has 4 aromatic rings. The summed E-state index contributed by atoms with van der Waals surface area (Å²) in [6, 6.07) is 0.773. The topological polar surface area (TPSA) is 90.1 Å². The molecule has 0 N–H and O–H groups in total. The van der Waals surface area contributed by atoms with Crippen molar-refractivity contribution in [2.24, 2.45) is 0 Å². The minimum Gasteiger partial charge on any atom is -0.294 e. The standard InChI is InChI=1S/C21H15ClF3N5O2S/c1-11(4-16(31)15-8-28-19-10-26-2-3-30(15)19)20-29-9-18(33-20)17(32)6-12-5-13(21(23,24)25)14(22)7-27-12/h2-3,5,7-11H,4,6H2,1H3/t11-/m0/s1. The van der Waals surface area contributed by atoms with Crippen molar-refractivity contribution < 1.29 is 22.8 Å². The molecule has 1 atom stereocenters. The number of aromatic nitrogens is 5. The van der Waals surface area contributed by atoms with Crippen LogP contribution in [0.15, 0.2) is 43.2 Å². The van der Waals surface area contributed by atoms with Gasteiger partial charge in [0.2, 0.25) is 0 Å². The lowest BCUT2D eigenvalue weighted by molar-refractivity contribution is -0.137. The Morgan fingerprint density at radius 3 is 2.67 bits per heavy atom. The molecule has 0 spiro atoms. The number of pyridine rings is 1. The molecule has 0 saturated carbocycles. The first-order chi connectivity index (χ1) is 15.6. The summed E-state index contributed by atoms with van der Waals surface area (Å²) in [6.07, 6.45) is 3.66. The maximum absolute atomic E-state index is 13.0. The summed E-state index contributed by atoms with van der Waals surface area (Å²) < 4.78 is 40.7. The number of Topliss-reactive ketones (excluding diaryl/α,β-unsaturated/α-hetero) is 2. The molecule has 0 fully saturated rings. The predicted molar refractivity (Wildman–Crippen MR) is 115 cm³/mol. The van der Waals surface area contributed by atoms with E-state index in [0.717, 1.165) is 23.6 Å². The summed E-state index contributed by atoms with van der Waals surface area (Å²) in [5.74, 6) is -0.842. The van der Waals surface area contributed by atoms with Gasteiger partial charge in [-0.25, -0.2) is 9.97 Å². The summed E-state index contributed by atoms with van der Waals surface area (Å²) in [4.78, 5) is 41.8. The maximum atomic E-state index is 13.0. The van der Waals surface area contributed by atoms with Crippen molar-refractivity contribution in [2.75, 3.05) is 0 Å². The van der Waals surface area contributed by atoms with E-state index in [2.05, 4.69) is 19.9 Å². The van der Waals surface area contributed by atoms with Gasteiger partial charge in [0.1, 0.15) is 5.69 Å². The molecule has 33 heavy (non-hydrogen) atoms. The minimum absolute atomic E-state index is 0.0444. The fraction of sp³-hybridized carbons (Fsp3) is 0.238. The third kappa shape index (κ3) is 4.93. The number of thiazole rings is 1. The number of carbonyl (C=O) groups is 2. The Morgan fingerprint density at radius 2 is 1.91 bits per heavy atom. The zero-order valence-electron chi connectivity index (χ0n) is 17.0. The van der Waals surface area contributed by atoms with Crippen LogP contribution in [0, 0.1) is 0 Å². The first-order valence-electron chi connectivity index (χ1n) is 9.64. The highest BCUT2D eigenvalue weighted by Gasteiger charge is 2.34. The molecule has 0 aromatic carbocycles. The second-order valence-corrected chi connectivity index (χ2v) is 8.76. The highest BCUT2D eigenvalue weighted by atomic mass is 35.5. The smallest absolute Gasteiger partial charge is 0.294 e. The Morgan fingerprint density at radius 1 is 1.12 bits per heavy atom. The van der Waals surface area contributed by atoms with E-state index in [1.54, 1.807) is 23.0 Å². The molecule has 7 nitrogen and oxygen atoms in total. The molecule has 4 aromatic heterocycles. The molecule has 0 aliphatic carbocycles. The van der Waals surface area contributed by atoms with Crippen molar-refractivity contribution in [3.05, 3.63) is 75.1 Å². The van der Waals surface area contributed by atoms with Gasteiger partial charge in [0.25, 0.3) is 0 Å². The number of hydrogen-bond acceptors (Lipinski definition) is 7. The van der Waals surface area contributed by atoms with E-state index >= 15 is 0 Å². The van der Waals surface area contributed by atoms with Crippen LogP contribution in [0.25, 0.3) is 5.65 Å². The van der Waals surface area contributed by atoms with E-state index in [1.165, 1.54) is 12.4 Å². The van der Waals surface area contributed by atoms with Crippen molar-refractivity contribution in [1.82, 2.24) is 24.3 Å². The normalized spacial score (nSPS) is 12.8. The van der Waals surface area contributed by atoms with E-state index in [-0.39, 0.29) is 35.1 Å². The van der Waals surface area contributed by atoms with Crippen LogP contribution in [0.3, 0.4) is 0 Å². The number of carbonyl (C=O) groups excluding carboxylic acids is 2. The molecule has 12 heteroatoms. The van der Waals surface area contributed by atoms with Gasteiger partial charge in [0, 0.05) is 42.8 Å². The zero-order valence-corrected chi connectivity index (χ0v) is 18.6. The van der Waals surface area contributed by atoms with Gasteiger partial charge in [0.05, 0.1) is 39.3 Å². The molecule has 4 heterocycles. The third-order valence-electron chi connectivity index (χ3n) is 4.87. The number of nitrogens with zero attached hydrogens (tertiary/aromatic N) is 5. The van der Waals surface area contributed by atoms with Gasteiger partial charge in [-0.3, -0.25) is 24.0 Å². The second-order valence-electron chi connectivity index (χ2n) is 7.29. The van der Waals surface area contributed by atoms with Crippen LogP contribution < -0.4 is 0 Å². The van der Waals surface area contributed by atoms with Crippen molar-refractivity contribution in [3.8, 4) is 0 Å². The van der Waals surface area contributed by atoms with E-state index in [1.807, 2.05) is 6.92 Å². The highest BCUT2D eigenvalue weighted by molar-refractivity contribution is 7.13. The number of hydrogen-bond donors (Lipinski definition) is 0.